The van der Waals surface area contributed by atoms with Crippen LogP contribution < -0.4 is 11.0 Å². The summed E-state index contributed by atoms with van der Waals surface area (Å²) in [5.41, 5.74) is -0.450. The number of ether oxygens (including phenoxy) is 2. The molecule has 0 bridgehead atoms. The van der Waals surface area contributed by atoms with E-state index in [-0.39, 0.29) is 45.1 Å². The molecule has 2 fully saturated rings. The fourth-order valence-electron chi connectivity index (χ4n) is 5.87. The van der Waals surface area contributed by atoms with Gasteiger partial charge in [-0.15, -0.1) is 0 Å². The summed E-state index contributed by atoms with van der Waals surface area (Å²) < 4.78 is 37.7. The van der Waals surface area contributed by atoms with Crippen LogP contribution in [0.5, 0.6) is 0 Å². The lowest BCUT2D eigenvalue weighted by molar-refractivity contribution is -0.114. The van der Waals surface area contributed by atoms with Gasteiger partial charge in [0.25, 0.3) is 5.17 Å². The van der Waals surface area contributed by atoms with Crippen LogP contribution in [0.2, 0.25) is 11.1 Å². The van der Waals surface area contributed by atoms with Crippen molar-refractivity contribution in [1.82, 2.24) is 19.1 Å². The molecular weight excluding hydrogens is 661 g/mol. The second kappa shape index (κ2) is 15.6. The minimum atomic E-state index is -2.96. The van der Waals surface area contributed by atoms with Gasteiger partial charge in [-0.2, -0.15) is 15.6 Å². The lowest BCUT2D eigenvalue weighted by Gasteiger charge is -2.56. The van der Waals surface area contributed by atoms with Crippen molar-refractivity contribution in [3.05, 3.63) is 54.0 Å². The summed E-state index contributed by atoms with van der Waals surface area (Å²) in [6.45, 7) is 16.4. The third kappa shape index (κ3) is 7.91. The van der Waals surface area contributed by atoms with Crippen molar-refractivity contribution in [1.29, 1.82) is 0 Å². The van der Waals surface area contributed by atoms with Gasteiger partial charge in [-0.3, -0.25) is 22.0 Å². The van der Waals surface area contributed by atoms with Gasteiger partial charge in [0.2, 0.25) is 5.91 Å². The minimum absolute atomic E-state index is 0.0640. The lowest BCUT2D eigenvalue weighted by atomic mass is 10.1. The highest BCUT2D eigenvalue weighted by Crippen LogP contribution is 2.66. The number of nitrogens with zero attached hydrogens (tertiary/aromatic N) is 5. The number of nitrogens with one attached hydrogen (secondary N) is 1. The average molecular weight is 708 g/mol. The van der Waals surface area contributed by atoms with Crippen LogP contribution in [0, 0.1) is 6.42 Å². The summed E-state index contributed by atoms with van der Waals surface area (Å²) in [5.74, 6) is 2.68. The molecule has 0 aliphatic carbocycles. The van der Waals surface area contributed by atoms with E-state index in [1.165, 1.54) is 30.1 Å². The molecule has 6 atom stereocenters. The largest absolute Gasteiger partial charge is 0.459 e. The molecule has 2 saturated heterocycles. The molecular formula is C31H47N6O7S2Si+. The molecule has 0 radical (unpaired) electrons. The number of carbonyl (C=O) groups excluding carboxylic acids is 1. The van der Waals surface area contributed by atoms with E-state index >= 15 is 0 Å². The number of aliphatic imine (C=N–C) groups is 1. The molecule has 47 heavy (non-hydrogen) atoms. The van der Waals surface area contributed by atoms with Crippen LogP contribution in [-0.4, -0.2) is 87.1 Å². The average Bonchev–Trinajstić information content (AvgIpc) is 3.64. The fraction of sp³-hybridized carbons (Fsp3) is 0.613. The van der Waals surface area contributed by atoms with Crippen LogP contribution in [-0.2, 0) is 26.7 Å². The van der Waals surface area contributed by atoms with E-state index < -0.39 is 49.4 Å². The number of hydrogen-bond acceptors (Lipinski definition) is 11. The van der Waals surface area contributed by atoms with Crippen LogP contribution in [0.3, 0.4) is 0 Å². The topological polar surface area (TPSA) is 140 Å². The Morgan fingerprint density at radius 1 is 1.28 bits per heavy atom. The molecule has 0 spiro atoms. The standard InChI is InChI=1S/C31H46N6O7S2Si/c1-20(2)46(23(7)12-10-11-14-32-9)43-27-25(18-40-47(44-46,21(3)4)22(5)6)41-29(28(27)42-31(45)36-17-15-33-19-36)37-16-13-26(34-24(8)38)35-30(37)39/h11-13,15-17,19-23,25,27-29H,10,18H2,1-9H3/p+1. The van der Waals surface area contributed by atoms with Gasteiger partial charge in [0.1, 0.15) is 31.1 Å². The second-order valence-corrected chi connectivity index (χ2v) is 20.5. The lowest BCUT2D eigenvalue weighted by Crippen LogP contribution is -2.56. The minimum Gasteiger partial charge on any atom is -0.459 e. The molecule has 2 aliphatic rings. The van der Waals surface area contributed by atoms with Gasteiger partial charge >= 0.3 is 14.3 Å². The Hall–Kier alpha value is -2.82. The first kappa shape index (κ1) is 37.0. The van der Waals surface area contributed by atoms with Crippen LogP contribution in [0.15, 0.2) is 46.8 Å². The fourth-order valence-corrected chi connectivity index (χ4v) is 15.6. The normalized spacial score (nSPS) is 27.5. The number of amides is 1. The maximum atomic E-state index is 13.4. The molecule has 2 aromatic rings. The number of anilines is 1. The number of fused-ring (bicyclic) bond motifs is 1. The Balaban J connectivity index is 1.85. The van der Waals surface area contributed by atoms with Gasteiger partial charge in [-0.1, -0.05) is 27.7 Å². The van der Waals surface area contributed by atoms with Crippen LogP contribution in [0.4, 0.5) is 5.82 Å². The van der Waals surface area contributed by atoms with Crippen LogP contribution in [0.1, 0.15) is 68.0 Å². The molecule has 1 amide bonds. The molecule has 2 aliphatic heterocycles. The van der Waals surface area contributed by atoms with E-state index in [0.29, 0.717) is 6.42 Å². The predicted octanol–water partition coefficient (Wildman–Crippen LogP) is 5.09. The highest BCUT2D eigenvalue weighted by atomic mass is 32.3. The Labute approximate surface area is 285 Å². The summed E-state index contributed by atoms with van der Waals surface area (Å²) in [7, 11) is -3.70. The van der Waals surface area contributed by atoms with Gasteiger partial charge in [0.15, 0.2) is 23.7 Å². The third-order valence-corrected chi connectivity index (χ3v) is 17.5. The predicted molar refractivity (Wildman–Crippen MR) is 189 cm³/mol. The van der Waals surface area contributed by atoms with Gasteiger partial charge in [-0.05, 0) is 56.0 Å². The molecule has 0 aromatic carbocycles. The zero-order valence-corrected chi connectivity index (χ0v) is 31.1. The van der Waals surface area contributed by atoms with Crippen molar-refractivity contribution >= 4 is 54.1 Å². The first-order chi connectivity index (χ1) is 22.3. The zero-order valence-electron chi connectivity index (χ0n) is 28.5. The van der Waals surface area contributed by atoms with E-state index in [1.54, 1.807) is 24.0 Å². The van der Waals surface area contributed by atoms with Crippen molar-refractivity contribution in [3.63, 3.8) is 0 Å². The summed E-state index contributed by atoms with van der Waals surface area (Å²) in [5, 5.41) is 2.44. The molecule has 6 unspecified atom stereocenters. The second-order valence-electron chi connectivity index (χ2n) is 12.4. The molecule has 0 saturated carbocycles. The van der Waals surface area contributed by atoms with Gasteiger partial charge in [0.05, 0.1) is 6.61 Å². The Morgan fingerprint density at radius 2 is 2.00 bits per heavy atom. The van der Waals surface area contributed by atoms with Crippen molar-refractivity contribution in [3.8, 4) is 0 Å². The molecule has 4 heterocycles. The Morgan fingerprint density at radius 3 is 2.57 bits per heavy atom. The van der Waals surface area contributed by atoms with Crippen LogP contribution >= 0.6 is 22.8 Å². The number of aromatic nitrogens is 4. The highest BCUT2D eigenvalue weighted by Gasteiger charge is 2.60. The summed E-state index contributed by atoms with van der Waals surface area (Å²) in [6.07, 6.45) is 7.66. The van der Waals surface area contributed by atoms with Crippen molar-refractivity contribution in [2.24, 2.45) is 4.99 Å². The molecule has 16 heteroatoms. The smallest absolute Gasteiger partial charge is 0.367 e. The van der Waals surface area contributed by atoms with Gasteiger partial charge in [0, 0.05) is 43.9 Å². The molecule has 2 aromatic heterocycles. The number of hydrogen-bond donors (Lipinski definition) is 1. The van der Waals surface area contributed by atoms with E-state index in [0.717, 1.165) is 0 Å². The Kier molecular flexibility index (Phi) is 12.3. The van der Waals surface area contributed by atoms with Gasteiger partial charge in [-0.25, -0.2) is 14.8 Å². The molecule has 13 nitrogen and oxygen atoms in total. The van der Waals surface area contributed by atoms with E-state index in [1.807, 2.05) is 6.08 Å². The maximum absolute atomic E-state index is 13.4. The van der Waals surface area contributed by atoms with Crippen molar-refractivity contribution in [2.75, 3.05) is 19.0 Å². The van der Waals surface area contributed by atoms with E-state index in [4.69, 9.17) is 34.2 Å². The van der Waals surface area contributed by atoms with E-state index in [9.17, 15) is 9.59 Å². The zero-order chi connectivity index (χ0) is 34.5. The first-order valence-electron chi connectivity index (χ1n) is 15.8. The summed E-state index contributed by atoms with van der Waals surface area (Å²) in [6, 6.07) is 1.53. The molecule has 4 rings (SSSR count). The summed E-state index contributed by atoms with van der Waals surface area (Å²) in [4.78, 5) is 37.2. The monoisotopic (exact) mass is 707 g/mol. The highest BCUT2D eigenvalue weighted by molar-refractivity contribution is 8.27. The Bertz CT molecular complexity index is 1510. The number of allylic oxidation sites excluding steroid dienone is 1. The molecule has 258 valence electrons. The number of carbonyl (C=O) groups is 1. The maximum Gasteiger partial charge on any atom is 0.367 e. The van der Waals surface area contributed by atoms with E-state index in [2.05, 4.69) is 81.0 Å². The third-order valence-electron chi connectivity index (χ3n) is 8.23. The number of thiocarbonyl (C=S) groups is 1. The van der Waals surface area contributed by atoms with Crippen molar-refractivity contribution < 1.29 is 26.7 Å². The molecule has 1 N–H and O–H groups in total. The number of rotatable bonds is 10. The summed E-state index contributed by atoms with van der Waals surface area (Å²) >= 11 is 5.68. The van der Waals surface area contributed by atoms with Gasteiger partial charge < -0.3 is 19.2 Å². The first-order valence-corrected chi connectivity index (χ1v) is 19.8. The number of imidazole rings is 1. The van der Waals surface area contributed by atoms with Crippen molar-refractivity contribution in [2.45, 2.75) is 108 Å². The SMILES string of the molecule is CN=C=CC[CH+]C(C)S1(C(C)C)OC2C(CO[Si](C(C)C)(C(C)C)O1)OC(n1ccc(NC(C)=O)nc1=O)C2OC(=S)n1ccnc1. The quantitative estimate of drug-likeness (QED) is 0.154. The van der Waals surface area contributed by atoms with Crippen LogP contribution in [0.25, 0.3) is 0 Å².